The Balaban J connectivity index is 2.36. The lowest BCUT2D eigenvalue weighted by molar-refractivity contribution is 0.601. The predicted octanol–water partition coefficient (Wildman–Crippen LogP) is 3.49. The monoisotopic (exact) mass is 360 g/mol. The highest BCUT2D eigenvalue weighted by atomic mass is 79.9. The minimum atomic E-state index is -3.67. The molecule has 2 aromatic rings. The van der Waals surface area contributed by atoms with Crippen LogP contribution in [0.3, 0.4) is 0 Å². The summed E-state index contributed by atoms with van der Waals surface area (Å²) < 4.78 is 27.4. The highest BCUT2D eigenvalue weighted by Crippen LogP contribution is 2.28. The van der Waals surface area contributed by atoms with Crippen molar-refractivity contribution in [1.82, 2.24) is 0 Å². The molecular weight excluding hydrogens is 352 g/mol. The van der Waals surface area contributed by atoms with E-state index in [9.17, 15) is 8.42 Å². The van der Waals surface area contributed by atoms with Gasteiger partial charge in [0, 0.05) is 15.2 Å². The van der Waals surface area contributed by atoms with Gasteiger partial charge in [0.15, 0.2) is 0 Å². The fraction of sp³-hybridized carbons (Fsp3) is 0. The second kappa shape index (κ2) is 5.40. The number of nitrogen functional groups attached to an aromatic ring is 1. The summed E-state index contributed by atoms with van der Waals surface area (Å²) in [5.74, 6) is 0. The molecule has 0 atom stereocenters. The van der Waals surface area contributed by atoms with Crippen LogP contribution in [0.5, 0.6) is 0 Å². The van der Waals surface area contributed by atoms with Crippen molar-refractivity contribution in [3.8, 4) is 0 Å². The minimum absolute atomic E-state index is 0.106. The molecule has 0 aromatic heterocycles. The van der Waals surface area contributed by atoms with Crippen molar-refractivity contribution in [2.75, 3.05) is 10.5 Å². The first kappa shape index (κ1) is 14.2. The fourth-order valence-electron chi connectivity index (χ4n) is 1.46. The van der Waals surface area contributed by atoms with Gasteiger partial charge in [-0.2, -0.15) is 0 Å². The van der Waals surface area contributed by atoms with E-state index in [0.717, 1.165) is 0 Å². The van der Waals surface area contributed by atoms with Crippen LogP contribution in [0.2, 0.25) is 5.02 Å². The van der Waals surface area contributed by atoms with E-state index in [4.69, 9.17) is 17.3 Å². The molecule has 2 rings (SSSR count). The molecular formula is C12H10BrClN2O2S. The third kappa shape index (κ3) is 3.40. The smallest absolute Gasteiger partial charge is 0.262 e. The number of nitrogens with one attached hydrogen (secondary N) is 1. The Morgan fingerprint density at radius 2 is 1.89 bits per heavy atom. The zero-order chi connectivity index (χ0) is 14.0. The summed E-state index contributed by atoms with van der Waals surface area (Å²) in [5.41, 5.74) is 6.38. The molecule has 0 radical (unpaired) electrons. The van der Waals surface area contributed by atoms with Crippen LogP contribution in [-0.4, -0.2) is 8.42 Å². The number of rotatable bonds is 3. The van der Waals surface area contributed by atoms with E-state index in [2.05, 4.69) is 20.7 Å². The number of halogens is 2. The average Bonchev–Trinajstić information content (AvgIpc) is 2.33. The summed E-state index contributed by atoms with van der Waals surface area (Å²) in [7, 11) is -3.67. The normalized spacial score (nSPS) is 11.3. The molecule has 0 fully saturated rings. The highest BCUT2D eigenvalue weighted by Gasteiger charge is 2.15. The van der Waals surface area contributed by atoms with Gasteiger partial charge in [0.25, 0.3) is 10.0 Å². The summed E-state index contributed by atoms with van der Waals surface area (Å²) >= 11 is 9.05. The van der Waals surface area contributed by atoms with Gasteiger partial charge in [0.05, 0.1) is 10.6 Å². The molecule has 2 aromatic carbocycles. The van der Waals surface area contributed by atoms with E-state index < -0.39 is 10.0 Å². The Hall–Kier alpha value is -1.24. The molecule has 0 aliphatic heterocycles. The largest absolute Gasteiger partial charge is 0.399 e. The topological polar surface area (TPSA) is 72.2 Å². The van der Waals surface area contributed by atoms with Gasteiger partial charge in [-0.05, 0) is 52.3 Å². The van der Waals surface area contributed by atoms with E-state index >= 15 is 0 Å². The standard InChI is InChI=1S/C12H10BrClN2O2S/c13-11-6-8(14)4-5-12(11)16-19(17,18)10-3-1-2-9(15)7-10/h1-7,16H,15H2. The number of nitrogens with two attached hydrogens (primary N) is 1. The van der Waals surface area contributed by atoms with Crippen molar-refractivity contribution in [1.29, 1.82) is 0 Å². The third-order valence-electron chi connectivity index (χ3n) is 2.34. The summed E-state index contributed by atoms with van der Waals surface area (Å²) in [5, 5.41) is 0.513. The minimum Gasteiger partial charge on any atom is -0.399 e. The van der Waals surface area contributed by atoms with Gasteiger partial charge >= 0.3 is 0 Å². The average molecular weight is 362 g/mol. The molecule has 3 N–H and O–H groups in total. The van der Waals surface area contributed by atoms with E-state index in [1.807, 2.05) is 0 Å². The van der Waals surface area contributed by atoms with Crippen LogP contribution in [0.25, 0.3) is 0 Å². The Kier molecular flexibility index (Phi) is 4.03. The van der Waals surface area contributed by atoms with Crippen LogP contribution < -0.4 is 10.5 Å². The van der Waals surface area contributed by atoms with Gasteiger partial charge in [-0.15, -0.1) is 0 Å². The summed E-state index contributed by atoms with van der Waals surface area (Å²) in [6.45, 7) is 0. The number of anilines is 2. The van der Waals surface area contributed by atoms with Crippen molar-refractivity contribution in [3.05, 3.63) is 52.0 Å². The number of benzene rings is 2. The van der Waals surface area contributed by atoms with Crippen LogP contribution in [0.15, 0.2) is 51.8 Å². The maximum atomic E-state index is 12.2. The molecule has 0 spiro atoms. The first-order valence-electron chi connectivity index (χ1n) is 5.22. The van der Waals surface area contributed by atoms with Crippen molar-refractivity contribution in [2.24, 2.45) is 0 Å². The van der Waals surface area contributed by atoms with Gasteiger partial charge in [-0.25, -0.2) is 8.42 Å². The molecule has 4 nitrogen and oxygen atoms in total. The molecule has 0 aliphatic rings. The zero-order valence-corrected chi connectivity index (χ0v) is 12.8. The molecule has 0 saturated carbocycles. The lowest BCUT2D eigenvalue weighted by atomic mass is 10.3. The van der Waals surface area contributed by atoms with Crippen molar-refractivity contribution < 1.29 is 8.42 Å². The molecule has 7 heteroatoms. The Bertz CT molecular complexity index is 719. The Morgan fingerprint density at radius 1 is 1.16 bits per heavy atom. The second-order valence-corrected chi connectivity index (χ2v) is 6.78. The highest BCUT2D eigenvalue weighted by molar-refractivity contribution is 9.10. The lowest BCUT2D eigenvalue weighted by Gasteiger charge is -2.10. The van der Waals surface area contributed by atoms with Gasteiger partial charge in [0.1, 0.15) is 0 Å². The Labute approximate surface area is 124 Å². The maximum Gasteiger partial charge on any atom is 0.262 e. The summed E-state index contributed by atoms with van der Waals surface area (Å²) in [6, 6.07) is 10.9. The van der Waals surface area contributed by atoms with E-state index in [1.54, 1.807) is 30.3 Å². The number of hydrogen-bond donors (Lipinski definition) is 2. The van der Waals surface area contributed by atoms with Crippen LogP contribution >= 0.6 is 27.5 Å². The Morgan fingerprint density at radius 3 is 2.53 bits per heavy atom. The molecule has 0 amide bonds. The quantitative estimate of drug-likeness (QED) is 0.822. The van der Waals surface area contributed by atoms with Gasteiger partial charge < -0.3 is 5.73 Å². The molecule has 100 valence electrons. The predicted molar refractivity (Wildman–Crippen MR) is 80.8 cm³/mol. The summed E-state index contributed by atoms with van der Waals surface area (Å²) in [4.78, 5) is 0.106. The van der Waals surface area contributed by atoms with Crippen LogP contribution in [-0.2, 0) is 10.0 Å². The number of hydrogen-bond acceptors (Lipinski definition) is 3. The van der Waals surface area contributed by atoms with Crippen LogP contribution in [0, 0.1) is 0 Å². The van der Waals surface area contributed by atoms with Crippen molar-refractivity contribution in [2.45, 2.75) is 4.90 Å². The van der Waals surface area contributed by atoms with E-state index in [-0.39, 0.29) is 4.90 Å². The molecule has 0 heterocycles. The zero-order valence-electron chi connectivity index (χ0n) is 9.60. The third-order valence-corrected chi connectivity index (χ3v) is 4.60. The summed E-state index contributed by atoms with van der Waals surface area (Å²) in [6.07, 6.45) is 0. The fourth-order valence-corrected chi connectivity index (χ4v) is 3.50. The SMILES string of the molecule is Nc1cccc(S(=O)(=O)Nc2ccc(Cl)cc2Br)c1. The maximum absolute atomic E-state index is 12.2. The lowest BCUT2D eigenvalue weighted by Crippen LogP contribution is -2.13. The second-order valence-electron chi connectivity index (χ2n) is 3.80. The first-order chi connectivity index (χ1) is 8.88. The van der Waals surface area contributed by atoms with Crippen molar-refractivity contribution >= 4 is 48.9 Å². The molecule has 0 unspecified atom stereocenters. The van der Waals surface area contributed by atoms with Crippen LogP contribution in [0.4, 0.5) is 11.4 Å². The van der Waals surface area contributed by atoms with E-state index in [0.29, 0.717) is 20.9 Å². The molecule has 0 bridgehead atoms. The first-order valence-corrected chi connectivity index (χ1v) is 7.87. The van der Waals surface area contributed by atoms with E-state index in [1.165, 1.54) is 12.1 Å². The van der Waals surface area contributed by atoms with Gasteiger partial charge in [-0.3, -0.25) is 4.72 Å². The molecule has 19 heavy (non-hydrogen) atoms. The molecule has 0 saturated heterocycles. The van der Waals surface area contributed by atoms with Gasteiger partial charge in [-0.1, -0.05) is 17.7 Å². The number of sulfonamides is 1. The van der Waals surface area contributed by atoms with Crippen molar-refractivity contribution in [3.63, 3.8) is 0 Å². The molecule has 0 aliphatic carbocycles. The van der Waals surface area contributed by atoms with Crippen LogP contribution in [0.1, 0.15) is 0 Å². The van der Waals surface area contributed by atoms with Gasteiger partial charge in [0.2, 0.25) is 0 Å².